The van der Waals surface area contributed by atoms with Crippen LogP contribution in [0.2, 0.25) is 0 Å². The van der Waals surface area contributed by atoms with Crippen molar-refractivity contribution in [1.82, 2.24) is 0 Å². The summed E-state index contributed by atoms with van der Waals surface area (Å²) >= 11 is 0. The van der Waals surface area contributed by atoms with Gasteiger partial charge in [-0.3, -0.25) is 5.41 Å². The van der Waals surface area contributed by atoms with Crippen LogP contribution in [0.15, 0.2) is 42.5 Å². The molecule has 4 heteroatoms. The molecule has 3 N–H and O–H groups in total. The minimum atomic E-state index is -0.253. The lowest BCUT2D eigenvalue weighted by Gasteiger charge is -2.10. The van der Waals surface area contributed by atoms with Crippen LogP contribution >= 0.6 is 0 Å². The van der Waals surface area contributed by atoms with Crippen LogP contribution in [0.3, 0.4) is 0 Å². The lowest BCUT2D eigenvalue weighted by molar-refractivity contribution is 0.305. The topological polar surface area (TPSA) is 59.1 Å². The number of nitrogen functional groups attached to an aromatic ring is 1. The van der Waals surface area contributed by atoms with Gasteiger partial charge in [-0.25, -0.2) is 4.39 Å². The summed E-state index contributed by atoms with van der Waals surface area (Å²) in [6, 6.07) is 11.9. The zero-order valence-electron chi connectivity index (χ0n) is 10.6. The van der Waals surface area contributed by atoms with Crippen LogP contribution < -0.4 is 10.5 Å². The van der Waals surface area contributed by atoms with Crippen molar-refractivity contribution < 1.29 is 9.13 Å². The molecular formula is C15H15FN2O. The molecule has 0 heterocycles. The molecule has 0 saturated heterocycles. The molecule has 0 aliphatic rings. The molecule has 0 aliphatic carbocycles. The Bertz CT molecular complexity index is 611. The summed E-state index contributed by atoms with van der Waals surface area (Å²) in [6.45, 7) is 1.98. The third kappa shape index (κ3) is 3.10. The number of hydrogen-bond donors (Lipinski definition) is 2. The van der Waals surface area contributed by atoms with Gasteiger partial charge in [-0.15, -0.1) is 0 Å². The van der Waals surface area contributed by atoms with E-state index in [9.17, 15) is 4.39 Å². The number of halogens is 1. The Morgan fingerprint density at radius 2 is 2.00 bits per heavy atom. The molecule has 0 atom stereocenters. The lowest BCUT2D eigenvalue weighted by atomic mass is 10.1. The van der Waals surface area contributed by atoms with Crippen LogP contribution in [0, 0.1) is 18.2 Å². The van der Waals surface area contributed by atoms with Gasteiger partial charge < -0.3 is 10.5 Å². The first-order valence-electron chi connectivity index (χ1n) is 5.89. The fraction of sp³-hybridized carbons (Fsp3) is 0.133. The highest BCUT2D eigenvalue weighted by Crippen LogP contribution is 2.18. The van der Waals surface area contributed by atoms with Crippen LogP contribution in [0.4, 0.5) is 4.39 Å². The molecule has 0 radical (unpaired) electrons. The zero-order valence-corrected chi connectivity index (χ0v) is 10.6. The van der Waals surface area contributed by atoms with Crippen molar-refractivity contribution in [2.24, 2.45) is 5.73 Å². The van der Waals surface area contributed by atoms with Gasteiger partial charge in [-0.1, -0.05) is 24.3 Å². The molecule has 98 valence electrons. The normalized spacial score (nSPS) is 10.2. The fourth-order valence-corrected chi connectivity index (χ4v) is 1.78. The first-order valence-corrected chi connectivity index (χ1v) is 5.89. The second-order valence-corrected chi connectivity index (χ2v) is 4.27. The van der Waals surface area contributed by atoms with Crippen molar-refractivity contribution in [1.29, 1.82) is 5.41 Å². The molecule has 0 saturated carbocycles. The third-order valence-electron chi connectivity index (χ3n) is 2.83. The van der Waals surface area contributed by atoms with Gasteiger partial charge in [0.15, 0.2) is 0 Å². The van der Waals surface area contributed by atoms with Crippen LogP contribution in [-0.2, 0) is 6.61 Å². The molecule has 0 fully saturated rings. The van der Waals surface area contributed by atoms with E-state index < -0.39 is 0 Å². The number of benzene rings is 2. The van der Waals surface area contributed by atoms with Gasteiger partial charge >= 0.3 is 0 Å². The van der Waals surface area contributed by atoms with Gasteiger partial charge in [0.05, 0.1) is 0 Å². The molecule has 19 heavy (non-hydrogen) atoms. The minimum Gasteiger partial charge on any atom is -0.489 e. The van der Waals surface area contributed by atoms with E-state index in [1.807, 2.05) is 18.2 Å². The Kier molecular flexibility index (Phi) is 3.80. The number of nitrogens with one attached hydrogen (secondary N) is 1. The largest absolute Gasteiger partial charge is 0.489 e. The van der Waals surface area contributed by atoms with E-state index in [0.29, 0.717) is 23.5 Å². The maximum absolute atomic E-state index is 13.1. The summed E-state index contributed by atoms with van der Waals surface area (Å²) in [5.41, 5.74) is 7.53. The Hall–Kier alpha value is -2.36. The second-order valence-electron chi connectivity index (χ2n) is 4.27. The van der Waals surface area contributed by atoms with Crippen LogP contribution in [-0.4, -0.2) is 5.84 Å². The third-order valence-corrected chi connectivity index (χ3v) is 2.83. The number of rotatable bonds is 4. The van der Waals surface area contributed by atoms with Crippen LogP contribution in [0.25, 0.3) is 0 Å². The van der Waals surface area contributed by atoms with Crippen molar-refractivity contribution in [2.45, 2.75) is 13.5 Å². The van der Waals surface area contributed by atoms with Crippen molar-refractivity contribution in [3.63, 3.8) is 0 Å². The summed E-state index contributed by atoms with van der Waals surface area (Å²) < 4.78 is 18.7. The van der Waals surface area contributed by atoms with E-state index in [1.165, 1.54) is 6.07 Å². The van der Waals surface area contributed by atoms with Gasteiger partial charge in [0, 0.05) is 11.1 Å². The predicted molar refractivity (Wildman–Crippen MR) is 72.9 cm³/mol. The number of nitrogens with two attached hydrogens (primary N) is 1. The molecule has 0 aromatic heterocycles. The standard InChI is InChI=1S/C15H15FN2O/c1-10-8-12(6-7-14(10)16)19-9-11-4-2-3-5-13(11)15(17)18/h2-8H,9H2,1H3,(H3,17,18). The number of ether oxygens (including phenoxy) is 1. The predicted octanol–water partition coefficient (Wildman–Crippen LogP) is 3.00. The van der Waals surface area contributed by atoms with Crippen LogP contribution in [0.5, 0.6) is 5.75 Å². The van der Waals surface area contributed by atoms with E-state index in [-0.39, 0.29) is 11.7 Å². The van der Waals surface area contributed by atoms with Gasteiger partial charge in [0.25, 0.3) is 0 Å². The van der Waals surface area contributed by atoms with Crippen molar-refractivity contribution in [2.75, 3.05) is 0 Å². The fourth-order valence-electron chi connectivity index (χ4n) is 1.78. The van der Waals surface area contributed by atoms with Gasteiger partial charge in [-0.2, -0.15) is 0 Å². The highest BCUT2D eigenvalue weighted by atomic mass is 19.1. The maximum Gasteiger partial charge on any atom is 0.126 e. The molecule has 0 unspecified atom stereocenters. The smallest absolute Gasteiger partial charge is 0.126 e. The van der Waals surface area contributed by atoms with Crippen molar-refractivity contribution in [3.8, 4) is 5.75 Å². The second kappa shape index (κ2) is 5.52. The molecule has 2 rings (SSSR count). The quantitative estimate of drug-likeness (QED) is 0.654. The van der Waals surface area contributed by atoms with Crippen LogP contribution in [0.1, 0.15) is 16.7 Å². The Balaban J connectivity index is 2.14. The van der Waals surface area contributed by atoms with E-state index in [4.69, 9.17) is 15.9 Å². The molecule has 2 aromatic rings. The summed E-state index contributed by atoms with van der Waals surface area (Å²) in [6.07, 6.45) is 0. The highest BCUT2D eigenvalue weighted by Gasteiger charge is 2.06. The Labute approximate surface area is 111 Å². The van der Waals surface area contributed by atoms with E-state index in [1.54, 1.807) is 25.1 Å². The first kappa shape index (κ1) is 13.1. The van der Waals surface area contributed by atoms with Crippen molar-refractivity contribution >= 4 is 5.84 Å². The maximum atomic E-state index is 13.1. The van der Waals surface area contributed by atoms with E-state index >= 15 is 0 Å². The van der Waals surface area contributed by atoms with E-state index in [0.717, 1.165) is 5.56 Å². The lowest BCUT2D eigenvalue weighted by Crippen LogP contribution is -2.14. The number of amidine groups is 1. The minimum absolute atomic E-state index is 0.00878. The zero-order chi connectivity index (χ0) is 13.8. The molecule has 0 aliphatic heterocycles. The Morgan fingerprint density at radius 3 is 2.68 bits per heavy atom. The number of hydrogen-bond acceptors (Lipinski definition) is 2. The first-order chi connectivity index (χ1) is 9.08. The van der Waals surface area contributed by atoms with Crippen molar-refractivity contribution in [3.05, 3.63) is 65.0 Å². The highest BCUT2D eigenvalue weighted by molar-refractivity contribution is 5.96. The molecule has 2 aromatic carbocycles. The van der Waals surface area contributed by atoms with Gasteiger partial charge in [-0.05, 0) is 30.7 Å². The average molecular weight is 258 g/mol. The monoisotopic (exact) mass is 258 g/mol. The molecule has 0 amide bonds. The summed E-state index contributed by atoms with van der Waals surface area (Å²) in [5.74, 6) is 0.350. The number of aryl methyl sites for hydroxylation is 1. The average Bonchev–Trinajstić information content (AvgIpc) is 2.40. The molecule has 0 bridgehead atoms. The summed E-state index contributed by atoms with van der Waals surface area (Å²) in [5, 5.41) is 7.49. The summed E-state index contributed by atoms with van der Waals surface area (Å²) in [7, 11) is 0. The Morgan fingerprint density at radius 1 is 1.26 bits per heavy atom. The summed E-state index contributed by atoms with van der Waals surface area (Å²) in [4.78, 5) is 0. The van der Waals surface area contributed by atoms with Gasteiger partial charge in [0.2, 0.25) is 0 Å². The van der Waals surface area contributed by atoms with E-state index in [2.05, 4.69) is 0 Å². The molecular weight excluding hydrogens is 243 g/mol. The SMILES string of the molecule is Cc1cc(OCc2ccccc2C(=N)N)ccc1F. The molecule has 3 nitrogen and oxygen atoms in total. The molecule has 0 spiro atoms. The van der Waals surface area contributed by atoms with Gasteiger partial charge in [0.1, 0.15) is 24.0 Å².